The second-order valence-corrected chi connectivity index (χ2v) is 6.76. The minimum atomic E-state index is -0.433. The van der Waals surface area contributed by atoms with Gasteiger partial charge in [-0.1, -0.05) is 15.9 Å². The molecule has 0 fully saturated rings. The van der Waals surface area contributed by atoms with Gasteiger partial charge >= 0.3 is 5.97 Å². The lowest BCUT2D eigenvalue weighted by molar-refractivity contribution is -0.130. The van der Waals surface area contributed by atoms with E-state index in [9.17, 15) is 4.79 Å². The monoisotopic (exact) mass is 479 g/mol. The molecule has 112 valence electrons. The molecule has 7 heteroatoms. The van der Waals surface area contributed by atoms with Crippen molar-refractivity contribution >= 4 is 65.7 Å². The maximum Gasteiger partial charge on any atom is 0.363 e. The molecule has 4 nitrogen and oxygen atoms in total. The van der Waals surface area contributed by atoms with E-state index in [1.54, 1.807) is 13.0 Å². The summed E-state index contributed by atoms with van der Waals surface area (Å²) >= 11 is 10.3. The molecule has 0 unspecified atom stereocenters. The number of nitrogens with zero attached hydrogens (tertiary/aromatic N) is 1. The number of cyclic esters (lactones) is 1. The van der Waals surface area contributed by atoms with Gasteiger partial charge in [0, 0.05) is 12.3 Å². The number of carbonyl (C=O) groups excluding carboxylic acids is 1. The number of carbonyl (C=O) groups is 1. The third-order valence-corrected chi connectivity index (χ3v) is 4.31. The van der Waals surface area contributed by atoms with Gasteiger partial charge < -0.3 is 9.47 Å². The molecule has 0 radical (unpaired) electrons. The quantitative estimate of drug-likeness (QED) is 0.265. The molecule has 1 aromatic carbocycles. The first-order chi connectivity index (χ1) is 10.0. The van der Waals surface area contributed by atoms with Crippen LogP contribution in [0, 0.1) is 0 Å². The number of halogens is 3. The second kappa shape index (κ2) is 7.56. The van der Waals surface area contributed by atoms with E-state index in [1.807, 2.05) is 12.1 Å². The maximum atomic E-state index is 11.5. The normalized spacial score (nSPS) is 16.1. The van der Waals surface area contributed by atoms with Gasteiger partial charge in [0.05, 0.1) is 15.6 Å². The van der Waals surface area contributed by atoms with Crippen LogP contribution in [0.5, 0.6) is 5.75 Å². The van der Waals surface area contributed by atoms with Gasteiger partial charge in [0.2, 0.25) is 0 Å². The highest BCUT2D eigenvalue weighted by Crippen LogP contribution is 2.35. The van der Waals surface area contributed by atoms with Crippen LogP contribution in [-0.4, -0.2) is 23.8 Å². The number of rotatable bonds is 5. The van der Waals surface area contributed by atoms with Crippen molar-refractivity contribution in [2.75, 3.05) is 11.9 Å². The topological polar surface area (TPSA) is 47.9 Å². The van der Waals surface area contributed by atoms with Crippen molar-refractivity contribution in [3.63, 3.8) is 0 Å². The molecule has 0 atom stereocenters. The van der Waals surface area contributed by atoms with Crippen LogP contribution in [0.1, 0.15) is 18.9 Å². The Kier molecular flexibility index (Phi) is 6.01. The third-order valence-electron chi connectivity index (χ3n) is 2.58. The van der Waals surface area contributed by atoms with Crippen molar-refractivity contribution in [2.45, 2.75) is 13.3 Å². The zero-order valence-corrected chi connectivity index (χ0v) is 15.9. The fraction of sp³-hybridized carbons (Fsp3) is 0.286. The first kappa shape index (κ1) is 16.7. The van der Waals surface area contributed by atoms with Gasteiger partial charge in [0.1, 0.15) is 5.75 Å². The van der Waals surface area contributed by atoms with Crippen LogP contribution >= 0.6 is 47.8 Å². The van der Waals surface area contributed by atoms with Crippen molar-refractivity contribution in [1.29, 1.82) is 0 Å². The van der Waals surface area contributed by atoms with Crippen LogP contribution in [0.2, 0.25) is 0 Å². The number of alkyl halides is 1. The van der Waals surface area contributed by atoms with Gasteiger partial charge in [-0.2, -0.15) is 0 Å². The highest BCUT2D eigenvalue weighted by molar-refractivity contribution is 9.11. The zero-order valence-electron chi connectivity index (χ0n) is 11.2. The Morgan fingerprint density at radius 1 is 1.33 bits per heavy atom. The van der Waals surface area contributed by atoms with Gasteiger partial charge in [-0.3, -0.25) is 0 Å². The summed E-state index contributed by atoms with van der Waals surface area (Å²) in [6.07, 6.45) is 2.60. The first-order valence-corrected chi connectivity index (χ1v) is 8.89. The van der Waals surface area contributed by atoms with Crippen molar-refractivity contribution in [1.82, 2.24) is 0 Å². The molecule has 0 saturated carbocycles. The lowest BCUT2D eigenvalue weighted by Gasteiger charge is -2.10. The van der Waals surface area contributed by atoms with Crippen LogP contribution in [0.25, 0.3) is 6.08 Å². The molecular formula is C14H12Br3NO3. The Balaban J connectivity index is 2.24. The first-order valence-electron chi connectivity index (χ1n) is 6.18. The number of esters is 1. The Morgan fingerprint density at radius 2 is 2.00 bits per heavy atom. The van der Waals surface area contributed by atoms with Gasteiger partial charge in [-0.05, 0) is 62.1 Å². The summed E-state index contributed by atoms with van der Waals surface area (Å²) in [5.74, 6) is 0.670. The van der Waals surface area contributed by atoms with Crippen molar-refractivity contribution in [3.8, 4) is 5.75 Å². The number of aliphatic imine (C=N–C) groups is 1. The summed E-state index contributed by atoms with van der Waals surface area (Å²) < 4.78 is 12.2. The maximum absolute atomic E-state index is 11.5. The van der Waals surface area contributed by atoms with Crippen molar-refractivity contribution < 1.29 is 14.3 Å². The fourth-order valence-corrected chi connectivity index (χ4v) is 3.38. The predicted octanol–water partition coefficient (Wildman–Crippen LogP) is 4.69. The largest absolute Gasteiger partial charge is 0.491 e. The van der Waals surface area contributed by atoms with E-state index in [-0.39, 0.29) is 0 Å². The molecule has 0 saturated heterocycles. The highest BCUT2D eigenvalue weighted by Gasteiger charge is 2.20. The molecule has 1 aromatic rings. The molecule has 0 aromatic heterocycles. The Labute approximate surface area is 148 Å². The van der Waals surface area contributed by atoms with E-state index >= 15 is 0 Å². The van der Waals surface area contributed by atoms with Crippen molar-refractivity contribution in [2.24, 2.45) is 4.99 Å². The van der Waals surface area contributed by atoms with Gasteiger partial charge in [0.25, 0.3) is 0 Å². The number of benzene rings is 1. The third kappa shape index (κ3) is 4.40. The SMILES string of the molecule is CC1=N/C(=C/c2cc(Br)c(OCCCBr)c(Br)c2)C(=O)O1. The number of hydrogen-bond donors (Lipinski definition) is 0. The standard InChI is InChI=1S/C14H12Br3NO3/c1-8-18-12(14(19)21-8)7-9-5-10(16)13(11(17)6-9)20-4-2-3-15/h5-7H,2-4H2,1H3/b12-7+. The molecule has 0 bridgehead atoms. The van der Waals surface area contributed by atoms with Gasteiger partial charge in [-0.25, -0.2) is 9.79 Å². The predicted molar refractivity (Wildman–Crippen MR) is 92.9 cm³/mol. The molecule has 0 amide bonds. The molecule has 1 heterocycles. The molecule has 0 spiro atoms. The molecule has 0 aliphatic carbocycles. The summed E-state index contributed by atoms with van der Waals surface area (Å²) in [7, 11) is 0. The second-order valence-electron chi connectivity index (χ2n) is 4.25. The molecule has 2 rings (SSSR count). The highest BCUT2D eigenvalue weighted by atomic mass is 79.9. The molecule has 0 N–H and O–H groups in total. The average Bonchev–Trinajstić information content (AvgIpc) is 2.71. The van der Waals surface area contributed by atoms with Crippen LogP contribution in [0.15, 0.2) is 31.8 Å². The summed E-state index contributed by atoms with van der Waals surface area (Å²) in [5, 5.41) is 0.895. The molecule has 1 aliphatic heterocycles. The van der Waals surface area contributed by atoms with E-state index in [4.69, 9.17) is 9.47 Å². The molecule has 1 aliphatic rings. The van der Waals surface area contributed by atoms with Gasteiger partial charge in [0.15, 0.2) is 11.6 Å². The molecular weight excluding hydrogens is 470 g/mol. The number of hydrogen-bond acceptors (Lipinski definition) is 4. The summed E-state index contributed by atoms with van der Waals surface area (Å²) in [5.41, 5.74) is 1.12. The van der Waals surface area contributed by atoms with E-state index in [1.165, 1.54) is 0 Å². The Morgan fingerprint density at radius 3 is 2.52 bits per heavy atom. The van der Waals surface area contributed by atoms with E-state index in [2.05, 4.69) is 52.8 Å². The Bertz CT molecular complexity index is 603. The van der Waals surface area contributed by atoms with E-state index < -0.39 is 5.97 Å². The average molecular weight is 482 g/mol. The zero-order chi connectivity index (χ0) is 15.4. The minimum absolute atomic E-state index is 0.291. The molecule has 21 heavy (non-hydrogen) atoms. The van der Waals surface area contributed by atoms with Crippen LogP contribution in [-0.2, 0) is 9.53 Å². The lowest BCUT2D eigenvalue weighted by atomic mass is 10.2. The van der Waals surface area contributed by atoms with Crippen LogP contribution < -0.4 is 4.74 Å². The van der Waals surface area contributed by atoms with E-state index in [0.29, 0.717) is 18.2 Å². The summed E-state index contributed by atoms with van der Waals surface area (Å²) in [6.45, 7) is 2.27. The Hall–Kier alpha value is -0.660. The summed E-state index contributed by atoms with van der Waals surface area (Å²) in [4.78, 5) is 15.6. The van der Waals surface area contributed by atoms with Crippen molar-refractivity contribution in [3.05, 3.63) is 32.3 Å². The van der Waals surface area contributed by atoms with Crippen LogP contribution in [0.3, 0.4) is 0 Å². The smallest absolute Gasteiger partial charge is 0.363 e. The lowest BCUT2D eigenvalue weighted by Crippen LogP contribution is -2.00. The van der Waals surface area contributed by atoms with Crippen LogP contribution in [0.4, 0.5) is 0 Å². The number of ether oxygens (including phenoxy) is 2. The van der Waals surface area contributed by atoms with Gasteiger partial charge in [-0.15, -0.1) is 0 Å². The van der Waals surface area contributed by atoms with E-state index in [0.717, 1.165) is 32.0 Å². The minimum Gasteiger partial charge on any atom is -0.491 e. The summed E-state index contributed by atoms with van der Waals surface area (Å²) in [6, 6.07) is 3.75. The fourth-order valence-electron chi connectivity index (χ4n) is 1.70.